The van der Waals surface area contributed by atoms with Gasteiger partial charge in [0.15, 0.2) is 12.1 Å². The summed E-state index contributed by atoms with van der Waals surface area (Å²) in [4.78, 5) is 23.2. The number of carbonyl (C=O) groups excluding carboxylic acids is 1. The molecule has 0 aromatic heterocycles. The number of rotatable bonds is 4. The molecule has 3 N–H and O–H groups in total. The molecule has 1 unspecified atom stereocenters. The predicted molar refractivity (Wildman–Crippen MR) is 70.1 cm³/mol. The van der Waals surface area contributed by atoms with Gasteiger partial charge in [-0.2, -0.15) is 0 Å². The highest BCUT2D eigenvalue weighted by Crippen LogP contribution is 2.27. The van der Waals surface area contributed by atoms with Crippen LogP contribution in [0.3, 0.4) is 0 Å². The number of amides is 1. The van der Waals surface area contributed by atoms with Gasteiger partial charge in [-0.15, -0.1) is 0 Å². The van der Waals surface area contributed by atoms with Crippen LogP contribution in [-0.2, 0) is 20.7 Å². The molecule has 0 aliphatic carbocycles. The van der Waals surface area contributed by atoms with Crippen LogP contribution < -0.4 is 5.32 Å². The molecule has 1 amide bonds. The van der Waals surface area contributed by atoms with Crippen LogP contribution in [0.15, 0.2) is 24.3 Å². The van der Waals surface area contributed by atoms with E-state index in [0.29, 0.717) is 6.61 Å². The van der Waals surface area contributed by atoms with Crippen molar-refractivity contribution in [3.05, 3.63) is 35.4 Å². The van der Waals surface area contributed by atoms with Crippen LogP contribution in [0.2, 0.25) is 0 Å². The summed E-state index contributed by atoms with van der Waals surface area (Å²) in [7, 11) is 0. The van der Waals surface area contributed by atoms with E-state index in [1.54, 1.807) is 12.1 Å². The Kier molecular flexibility index (Phi) is 4.36. The van der Waals surface area contributed by atoms with Crippen LogP contribution in [0.5, 0.6) is 0 Å². The minimum absolute atomic E-state index is 0.404. The van der Waals surface area contributed by atoms with Gasteiger partial charge in [0.2, 0.25) is 0 Å². The van der Waals surface area contributed by atoms with Crippen molar-refractivity contribution in [2.24, 2.45) is 0 Å². The summed E-state index contributed by atoms with van der Waals surface area (Å²) >= 11 is 0. The van der Waals surface area contributed by atoms with E-state index in [4.69, 9.17) is 9.84 Å². The highest BCUT2D eigenvalue weighted by molar-refractivity contribution is 5.87. The van der Waals surface area contributed by atoms with Crippen molar-refractivity contribution in [2.45, 2.75) is 31.6 Å². The zero-order valence-corrected chi connectivity index (χ0v) is 11.1. The van der Waals surface area contributed by atoms with Crippen LogP contribution >= 0.6 is 0 Å². The first kappa shape index (κ1) is 14.5. The molecule has 3 atom stereocenters. The zero-order valence-electron chi connectivity index (χ0n) is 11.1. The molecule has 1 aromatic carbocycles. The molecule has 6 nitrogen and oxygen atoms in total. The number of carbonyl (C=O) groups is 2. The second-order valence-corrected chi connectivity index (χ2v) is 4.76. The van der Waals surface area contributed by atoms with E-state index in [-0.39, 0.29) is 0 Å². The van der Waals surface area contributed by atoms with Gasteiger partial charge in [-0.25, -0.2) is 4.79 Å². The summed E-state index contributed by atoms with van der Waals surface area (Å²) in [6, 6.07) is 6.05. The van der Waals surface area contributed by atoms with Gasteiger partial charge in [-0.05, 0) is 24.5 Å². The maximum absolute atomic E-state index is 12.2. The fourth-order valence-electron chi connectivity index (χ4n) is 2.23. The van der Waals surface area contributed by atoms with Crippen LogP contribution in [0.1, 0.15) is 24.2 Å². The van der Waals surface area contributed by atoms with Crippen molar-refractivity contribution < 1.29 is 24.5 Å². The quantitative estimate of drug-likeness (QED) is 0.734. The number of hydrogen-bond donors (Lipinski definition) is 3. The van der Waals surface area contributed by atoms with Gasteiger partial charge < -0.3 is 20.3 Å². The van der Waals surface area contributed by atoms with Crippen molar-refractivity contribution in [1.29, 1.82) is 0 Å². The summed E-state index contributed by atoms with van der Waals surface area (Å²) in [5.41, 5.74) is 1.76. The number of carboxylic acids is 1. The molecule has 1 aliphatic rings. The van der Waals surface area contributed by atoms with Gasteiger partial charge in [0, 0.05) is 0 Å². The van der Waals surface area contributed by atoms with Crippen LogP contribution in [0.4, 0.5) is 0 Å². The smallest absolute Gasteiger partial charge is 0.328 e. The molecule has 6 heteroatoms. The summed E-state index contributed by atoms with van der Waals surface area (Å²) in [5.74, 6) is -1.83. The Morgan fingerprint density at radius 3 is 2.75 bits per heavy atom. The van der Waals surface area contributed by atoms with Crippen molar-refractivity contribution in [3.8, 4) is 0 Å². The lowest BCUT2D eigenvalue weighted by molar-refractivity contribution is -0.147. The Hall–Kier alpha value is -1.92. The highest BCUT2D eigenvalue weighted by atomic mass is 16.5. The number of aliphatic hydroxyl groups excluding tert-OH is 1. The van der Waals surface area contributed by atoms with Crippen molar-refractivity contribution in [3.63, 3.8) is 0 Å². The third-order valence-electron chi connectivity index (χ3n) is 3.28. The largest absolute Gasteiger partial charge is 0.480 e. The molecular formula is C14H17NO5. The number of hydrogen-bond acceptors (Lipinski definition) is 4. The van der Waals surface area contributed by atoms with E-state index < -0.39 is 30.1 Å². The van der Waals surface area contributed by atoms with E-state index in [9.17, 15) is 14.7 Å². The predicted octanol–water partition coefficient (Wildman–Crippen LogP) is 0.251. The molecule has 0 spiro atoms. The Morgan fingerprint density at radius 2 is 2.10 bits per heavy atom. The molecule has 108 valence electrons. The normalized spacial score (nSPS) is 20.6. The second kappa shape index (κ2) is 6.02. The number of nitrogens with one attached hydrogen (secondary N) is 1. The summed E-state index contributed by atoms with van der Waals surface area (Å²) in [5, 5.41) is 20.7. The maximum Gasteiger partial charge on any atom is 0.328 e. The van der Waals surface area contributed by atoms with E-state index in [0.717, 1.165) is 17.5 Å². The second-order valence-electron chi connectivity index (χ2n) is 4.76. The molecule has 1 aliphatic heterocycles. The Bertz CT molecular complexity index is 514. The first-order chi connectivity index (χ1) is 9.50. The summed E-state index contributed by atoms with van der Waals surface area (Å²) in [6.07, 6.45) is -1.30. The standard InChI is InChI=1S/C14H17NO5/c1-8(16)11(14(18)19)15-13(17)12-10-5-3-2-4-9(10)6-7-20-12/h2-5,8,11-12,16H,6-7H2,1H3,(H,15,17)(H,18,19)/t8-,11+,12?/m1/s1. The molecule has 0 fully saturated rings. The van der Waals surface area contributed by atoms with Gasteiger partial charge in [-0.3, -0.25) is 4.79 Å². The molecule has 1 heterocycles. The fraction of sp³-hybridized carbons (Fsp3) is 0.429. The molecule has 0 saturated carbocycles. The third-order valence-corrected chi connectivity index (χ3v) is 3.28. The molecule has 1 aromatic rings. The number of aliphatic carboxylic acids is 1. The highest BCUT2D eigenvalue weighted by Gasteiger charge is 2.32. The van der Waals surface area contributed by atoms with Crippen LogP contribution in [0.25, 0.3) is 0 Å². The molecular weight excluding hydrogens is 262 g/mol. The van der Waals surface area contributed by atoms with Crippen molar-refractivity contribution in [1.82, 2.24) is 5.32 Å². The van der Waals surface area contributed by atoms with E-state index >= 15 is 0 Å². The average molecular weight is 279 g/mol. The lowest BCUT2D eigenvalue weighted by Gasteiger charge is -2.27. The Labute approximate surface area is 116 Å². The number of benzene rings is 1. The topological polar surface area (TPSA) is 95.9 Å². The van der Waals surface area contributed by atoms with E-state index in [1.807, 2.05) is 12.1 Å². The van der Waals surface area contributed by atoms with Crippen molar-refractivity contribution >= 4 is 11.9 Å². The van der Waals surface area contributed by atoms with Gasteiger partial charge in [0.05, 0.1) is 12.7 Å². The van der Waals surface area contributed by atoms with Crippen LogP contribution in [0, 0.1) is 0 Å². The molecule has 0 bridgehead atoms. The van der Waals surface area contributed by atoms with Gasteiger partial charge in [0.1, 0.15) is 0 Å². The minimum Gasteiger partial charge on any atom is -0.480 e. The minimum atomic E-state index is -1.35. The number of carboxylic acid groups (broad SMARTS) is 1. The Balaban J connectivity index is 2.16. The summed E-state index contributed by atoms with van der Waals surface area (Å²) in [6.45, 7) is 1.72. The number of ether oxygens (including phenoxy) is 1. The first-order valence-corrected chi connectivity index (χ1v) is 6.41. The molecule has 0 saturated heterocycles. The van der Waals surface area contributed by atoms with Gasteiger partial charge >= 0.3 is 5.97 Å². The SMILES string of the molecule is C[C@@H](O)[C@H](NC(=O)C1OCCc2ccccc21)C(=O)O. The molecule has 0 radical (unpaired) electrons. The Morgan fingerprint density at radius 1 is 1.40 bits per heavy atom. The third kappa shape index (κ3) is 2.97. The lowest BCUT2D eigenvalue weighted by Crippen LogP contribution is -2.49. The maximum atomic E-state index is 12.2. The fourth-order valence-corrected chi connectivity index (χ4v) is 2.23. The van der Waals surface area contributed by atoms with Crippen molar-refractivity contribution in [2.75, 3.05) is 6.61 Å². The number of fused-ring (bicyclic) bond motifs is 1. The monoisotopic (exact) mass is 279 g/mol. The molecule has 2 rings (SSSR count). The first-order valence-electron chi connectivity index (χ1n) is 6.41. The summed E-state index contributed by atoms with van der Waals surface area (Å²) < 4.78 is 5.44. The lowest BCUT2D eigenvalue weighted by atomic mass is 9.97. The van der Waals surface area contributed by atoms with E-state index in [1.165, 1.54) is 6.92 Å². The zero-order chi connectivity index (χ0) is 14.7. The van der Waals surface area contributed by atoms with Crippen LogP contribution in [-0.4, -0.2) is 40.8 Å². The van der Waals surface area contributed by atoms with Gasteiger partial charge in [0.25, 0.3) is 5.91 Å². The molecule has 20 heavy (non-hydrogen) atoms. The average Bonchev–Trinajstić information content (AvgIpc) is 2.43. The van der Waals surface area contributed by atoms with Gasteiger partial charge in [-0.1, -0.05) is 24.3 Å². The van der Waals surface area contributed by atoms with E-state index in [2.05, 4.69) is 5.32 Å². The number of aliphatic hydroxyl groups is 1.